The number of rotatable bonds is 5. The molecule has 14 heavy (non-hydrogen) atoms. The molecular weight excluding hydrogens is 180 g/mol. The number of carbonyl (C=O) groups is 1. The van der Waals surface area contributed by atoms with Gasteiger partial charge in [0.2, 0.25) is 0 Å². The Balaban J connectivity index is 2.55. The minimum absolute atomic E-state index is 0.379. The highest BCUT2D eigenvalue weighted by Gasteiger charge is 2.13. The van der Waals surface area contributed by atoms with Gasteiger partial charge in [0.15, 0.2) is 0 Å². The van der Waals surface area contributed by atoms with Gasteiger partial charge in [-0.2, -0.15) is 0 Å². The predicted molar refractivity (Wildman–Crippen MR) is 53.1 cm³/mol. The second-order valence-electron chi connectivity index (χ2n) is 3.55. The highest BCUT2D eigenvalue weighted by molar-refractivity contribution is 5.69. The number of nitrogens with one attached hydrogen (secondary N) is 1. The molecule has 0 aromatic carbocycles. The quantitative estimate of drug-likeness (QED) is 0.752. The van der Waals surface area contributed by atoms with Crippen LogP contribution in [-0.2, 0) is 17.6 Å². The summed E-state index contributed by atoms with van der Waals surface area (Å²) >= 11 is 0. The highest BCUT2D eigenvalue weighted by Crippen LogP contribution is 2.06. The molecule has 2 N–H and O–H groups in total. The van der Waals surface area contributed by atoms with Crippen LogP contribution in [-0.4, -0.2) is 21.0 Å². The lowest BCUT2D eigenvalue weighted by Crippen LogP contribution is -2.13. The van der Waals surface area contributed by atoms with E-state index in [-0.39, 0.29) is 5.92 Å². The van der Waals surface area contributed by atoms with Crippen LogP contribution in [0.3, 0.4) is 0 Å². The summed E-state index contributed by atoms with van der Waals surface area (Å²) in [6, 6.07) is 0. The first kappa shape index (κ1) is 10.8. The fourth-order valence-corrected chi connectivity index (χ4v) is 1.28. The van der Waals surface area contributed by atoms with Gasteiger partial charge in [-0.15, -0.1) is 0 Å². The Labute approximate surface area is 83.4 Å². The second kappa shape index (κ2) is 4.79. The van der Waals surface area contributed by atoms with Crippen LogP contribution in [0, 0.1) is 5.92 Å². The van der Waals surface area contributed by atoms with E-state index >= 15 is 0 Å². The van der Waals surface area contributed by atoms with Gasteiger partial charge in [-0.25, -0.2) is 4.98 Å². The van der Waals surface area contributed by atoms with Crippen molar-refractivity contribution in [2.45, 2.75) is 33.1 Å². The largest absolute Gasteiger partial charge is 0.481 e. The van der Waals surface area contributed by atoms with Crippen molar-refractivity contribution in [1.29, 1.82) is 0 Å². The third-order valence-electron chi connectivity index (χ3n) is 2.12. The van der Waals surface area contributed by atoms with Crippen LogP contribution in [0.15, 0.2) is 6.20 Å². The average Bonchev–Trinajstić information content (AvgIpc) is 2.53. The predicted octanol–water partition coefficient (Wildman–Crippen LogP) is 1.63. The van der Waals surface area contributed by atoms with Gasteiger partial charge in [0.1, 0.15) is 5.82 Å². The molecule has 0 aliphatic rings. The first-order valence-corrected chi connectivity index (χ1v) is 4.89. The van der Waals surface area contributed by atoms with Crippen LogP contribution < -0.4 is 0 Å². The van der Waals surface area contributed by atoms with Crippen LogP contribution in [0.25, 0.3) is 0 Å². The third-order valence-corrected chi connectivity index (χ3v) is 2.12. The Bertz CT molecular complexity index is 307. The zero-order valence-corrected chi connectivity index (χ0v) is 8.58. The van der Waals surface area contributed by atoms with Crippen molar-refractivity contribution in [1.82, 2.24) is 9.97 Å². The van der Waals surface area contributed by atoms with E-state index in [9.17, 15) is 4.79 Å². The number of aromatic nitrogens is 2. The van der Waals surface area contributed by atoms with Crippen LogP contribution in [0.4, 0.5) is 0 Å². The van der Waals surface area contributed by atoms with Gasteiger partial charge in [-0.05, 0) is 6.42 Å². The fourth-order valence-electron chi connectivity index (χ4n) is 1.28. The number of hydrogen-bond donors (Lipinski definition) is 2. The summed E-state index contributed by atoms with van der Waals surface area (Å²) in [7, 11) is 0. The molecule has 0 saturated carbocycles. The van der Waals surface area contributed by atoms with Gasteiger partial charge in [-0.3, -0.25) is 4.79 Å². The molecule has 78 valence electrons. The van der Waals surface area contributed by atoms with Crippen LogP contribution in [0.2, 0.25) is 0 Å². The molecule has 1 heterocycles. The molecule has 0 spiro atoms. The van der Waals surface area contributed by atoms with Crippen molar-refractivity contribution in [2.75, 3.05) is 0 Å². The van der Waals surface area contributed by atoms with E-state index in [1.807, 2.05) is 0 Å². The summed E-state index contributed by atoms with van der Waals surface area (Å²) in [5.41, 5.74) is 1.08. The fraction of sp³-hybridized carbons (Fsp3) is 0.600. The van der Waals surface area contributed by atoms with Gasteiger partial charge < -0.3 is 10.1 Å². The van der Waals surface area contributed by atoms with Gasteiger partial charge in [0, 0.05) is 18.3 Å². The molecule has 0 bridgehead atoms. The minimum atomic E-state index is -0.779. The molecule has 1 unspecified atom stereocenters. The smallest absolute Gasteiger partial charge is 0.306 e. The summed E-state index contributed by atoms with van der Waals surface area (Å²) in [4.78, 5) is 17.9. The molecule has 0 radical (unpaired) electrons. The zero-order valence-electron chi connectivity index (χ0n) is 8.58. The van der Waals surface area contributed by atoms with E-state index in [0.717, 1.165) is 24.4 Å². The van der Waals surface area contributed by atoms with E-state index < -0.39 is 5.97 Å². The van der Waals surface area contributed by atoms with E-state index in [1.54, 1.807) is 13.1 Å². The van der Waals surface area contributed by atoms with Crippen molar-refractivity contribution in [3.8, 4) is 0 Å². The number of hydrogen-bond acceptors (Lipinski definition) is 2. The Hall–Kier alpha value is -1.32. The molecule has 4 heteroatoms. The van der Waals surface area contributed by atoms with Crippen molar-refractivity contribution < 1.29 is 9.90 Å². The summed E-state index contributed by atoms with van der Waals surface area (Å²) in [5, 5.41) is 8.71. The maximum absolute atomic E-state index is 10.6. The number of carboxylic acid groups (broad SMARTS) is 1. The van der Waals surface area contributed by atoms with Gasteiger partial charge in [0.05, 0.1) is 5.92 Å². The van der Waals surface area contributed by atoms with Crippen molar-refractivity contribution >= 4 is 5.97 Å². The first-order chi connectivity index (χ1) is 6.63. The third kappa shape index (κ3) is 2.87. The second-order valence-corrected chi connectivity index (χ2v) is 3.55. The molecule has 0 saturated heterocycles. The Morgan fingerprint density at radius 3 is 3.00 bits per heavy atom. The Morgan fingerprint density at radius 2 is 2.43 bits per heavy atom. The maximum atomic E-state index is 10.6. The first-order valence-electron chi connectivity index (χ1n) is 4.89. The molecule has 4 nitrogen and oxygen atoms in total. The van der Waals surface area contributed by atoms with Gasteiger partial charge in [-0.1, -0.05) is 20.3 Å². The topological polar surface area (TPSA) is 66.0 Å². The average molecular weight is 196 g/mol. The number of aryl methyl sites for hydroxylation is 1. The van der Waals surface area contributed by atoms with Crippen molar-refractivity contribution in [3.63, 3.8) is 0 Å². The summed E-state index contributed by atoms with van der Waals surface area (Å²) in [6.45, 7) is 3.78. The van der Waals surface area contributed by atoms with E-state index in [1.165, 1.54) is 0 Å². The van der Waals surface area contributed by atoms with E-state index in [4.69, 9.17) is 5.11 Å². The maximum Gasteiger partial charge on any atom is 0.306 e. The standard InChI is InChI=1S/C10H16N2O2/c1-3-4-8-6-11-9(12-8)5-7(2)10(13)14/h6-7H,3-5H2,1-2H3,(H,11,12)(H,13,14). The lowest BCUT2D eigenvalue weighted by molar-refractivity contribution is -0.141. The number of aliphatic carboxylic acids is 1. The number of H-pyrrole nitrogens is 1. The molecule has 0 aliphatic carbocycles. The molecule has 1 aromatic heterocycles. The monoisotopic (exact) mass is 196 g/mol. The van der Waals surface area contributed by atoms with Gasteiger partial charge >= 0.3 is 5.97 Å². The minimum Gasteiger partial charge on any atom is -0.481 e. The molecule has 0 amide bonds. The Kier molecular flexibility index (Phi) is 3.68. The molecule has 1 aromatic rings. The van der Waals surface area contributed by atoms with Crippen LogP contribution >= 0.6 is 0 Å². The van der Waals surface area contributed by atoms with E-state index in [2.05, 4.69) is 16.9 Å². The SMILES string of the molecule is CCCc1cnc(CC(C)C(=O)O)[nH]1. The molecule has 0 aliphatic heterocycles. The summed E-state index contributed by atoms with van der Waals surface area (Å²) < 4.78 is 0. The van der Waals surface area contributed by atoms with Crippen LogP contribution in [0.5, 0.6) is 0 Å². The zero-order chi connectivity index (χ0) is 10.6. The van der Waals surface area contributed by atoms with Gasteiger partial charge in [0.25, 0.3) is 0 Å². The number of aromatic amines is 1. The lowest BCUT2D eigenvalue weighted by atomic mass is 10.1. The van der Waals surface area contributed by atoms with Crippen LogP contribution in [0.1, 0.15) is 31.8 Å². The summed E-state index contributed by atoms with van der Waals surface area (Å²) in [5.74, 6) is -0.391. The van der Waals surface area contributed by atoms with Crippen molar-refractivity contribution in [2.24, 2.45) is 5.92 Å². The van der Waals surface area contributed by atoms with E-state index in [0.29, 0.717) is 6.42 Å². The normalized spacial score (nSPS) is 12.7. The van der Waals surface area contributed by atoms with Crippen molar-refractivity contribution in [3.05, 3.63) is 17.7 Å². The molecule has 1 atom stereocenters. The Morgan fingerprint density at radius 1 is 1.71 bits per heavy atom. The number of nitrogens with zero attached hydrogens (tertiary/aromatic N) is 1. The highest BCUT2D eigenvalue weighted by atomic mass is 16.4. The number of carboxylic acids is 1. The lowest BCUT2D eigenvalue weighted by Gasteiger charge is -2.02. The summed E-state index contributed by atoms with van der Waals surface area (Å²) in [6.07, 6.45) is 4.29. The molecule has 0 fully saturated rings. The molecular formula is C10H16N2O2. The number of imidazole rings is 1. The molecule has 1 rings (SSSR count).